The molecule has 1 atom stereocenters. The summed E-state index contributed by atoms with van der Waals surface area (Å²) in [5.74, 6) is 1.66. The van der Waals surface area contributed by atoms with E-state index in [9.17, 15) is 0 Å². The van der Waals surface area contributed by atoms with Crippen LogP contribution in [0.15, 0.2) is 54.7 Å². The molecule has 0 saturated carbocycles. The van der Waals surface area contributed by atoms with E-state index in [2.05, 4.69) is 63.9 Å². The number of hydrogen-bond donors (Lipinski definition) is 1. The number of hydrogen-bond acceptors (Lipinski definition) is 5. The lowest BCUT2D eigenvalue weighted by Gasteiger charge is -2.24. The molecule has 6 heteroatoms. The Bertz CT molecular complexity index is 1230. The highest BCUT2D eigenvalue weighted by Crippen LogP contribution is 2.33. The fourth-order valence-electron chi connectivity index (χ4n) is 4.55. The predicted molar refractivity (Wildman–Crippen MR) is 124 cm³/mol. The van der Waals surface area contributed by atoms with Gasteiger partial charge in [-0.05, 0) is 76.1 Å². The molecule has 0 aliphatic carbocycles. The lowest BCUT2D eigenvalue weighted by atomic mass is 10.1. The minimum absolute atomic E-state index is 0.307. The third-order valence-corrected chi connectivity index (χ3v) is 6.12. The van der Waals surface area contributed by atoms with Gasteiger partial charge < -0.3 is 9.72 Å². The van der Waals surface area contributed by atoms with Gasteiger partial charge in [-0.1, -0.05) is 18.2 Å². The summed E-state index contributed by atoms with van der Waals surface area (Å²) in [5.41, 5.74) is 6.73. The molecule has 6 nitrogen and oxygen atoms in total. The average Bonchev–Trinajstić information content (AvgIpc) is 3.34. The van der Waals surface area contributed by atoms with Crippen molar-refractivity contribution in [2.45, 2.75) is 46.2 Å². The van der Waals surface area contributed by atoms with E-state index >= 15 is 0 Å². The summed E-state index contributed by atoms with van der Waals surface area (Å²) in [6, 6.07) is 16.7. The normalized spacial score (nSPS) is 16.8. The fourth-order valence-corrected chi connectivity index (χ4v) is 4.55. The molecule has 5 rings (SSSR count). The number of imidazole rings is 1. The van der Waals surface area contributed by atoms with Gasteiger partial charge in [-0.15, -0.1) is 0 Å². The van der Waals surface area contributed by atoms with Gasteiger partial charge in [0.25, 0.3) is 0 Å². The van der Waals surface area contributed by atoms with Crippen molar-refractivity contribution in [1.29, 1.82) is 0 Å². The first-order valence-corrected chi connectivity index (χ1v) is 10.9. The van der Waals surface area contributed by atoms with Crippen LogP contribution >= 0.6 is 0 Å². The zero-order valence-electron chi connectivity index (χ0n) is 18.3. The standard InChI is InChI=1S/C25H28N6/c1-17-8-6-15-31-22(19(3)27-25(17)31)16-30-14-7-11-21(30)20-10-5-13-24(28-20)29-23-12-4-9-18(2)26-23/h4-6,8-10,12-13,15,21H,7,11,14,16H2,1-3H3,(H,26,28,29). The molecule has 0 aromatic carbocycles. The van der Waals surface area contributed by atoms with Crippen LogP contribution in [0.2, 0.25) is 0 Å². The maximum atomic E-state index is 4.94. The van der Waals surface area contributed by atoms with Crippen LogP contribution in [-0.2, 0) is 6.54 Å². The second kappa shape index (κ2) is 8.12. The first kappa shape index (κ1) is 19.7. The highest BCUT2D eigenvalue weighted by Gasteiger charge is 2.28. The second-order valence-electron chi connectivity index (χ2n) is 8.39. The molecule has 4 aromatic heterocycles. The number of nitrogens with zero attached hydrogens (tertiary/aromatic N) is 5. The number of anilines is 2. The van der Waals surface area contributed by atoms with Gasteiger partial charge in [0, 0.05) is 18.4 Å². The van der Waals surface area contributed by atoms with Crippen molar-refractivity contribution in [2.24, 2.45) is 0 Å². The van der Waals surface area contributed by atoms with Crippen LogP contribution in [-0.4, -0.2) is 30.8 Å². The Hall–Kier alpha value is -3.25. The van der Waals surface area contributed by atoms with Gasteiger partial charge in [0.1, 0.15) is 17.3 Å². The number of likely N-dealkylation sites (tertiary alicyclic amines) is 1. The zero-order valence-corrected chi connectivity index (χ0v) is 18.3. The van der Waals surface area contributed by atoms with Crippen molar-refractivity contribution in [3.8, 4) is 0 Å². The zero-order chi connectivity index (χ0) is 21.4. The van der Waals surface area contributed by atoms with Crippen LogP contribution in [0.25, 0.3) is 5.65 Å². The molecule has 158 valence electrons. The molecule has 1 unspecified atom stereocenters. The fraction of sp³-hybridized carbons (Fsp3) is 0.320. The summed E-state index contributed by atoms with van der Waals surface area (Å²) in [4.78, 5) is 16.8. The summed E-state index contributed by atoms with van der Waals surface area (Å²) in [6.07, 6.45) is 4.42. The Balaban J connectivity index is 1.40. The number of aromatic nitrogens is 4. The minimum Gasteiger partial charge on any atom is -0.325 e. The molecule has 1 aliphatic heterocycles. The topological polar surface area (TPSA) is 58.4 Å². The summed E-state index contributed by atoms with van der Waals surface area (Å²) < 4.78 is 2.24. The maximum absolute atomic E-state index is 4.94. The Labute approximate surface area is 183 Å². The third-order valence-electron chi connectivity index (χ3n) is 6.12. The van der Waals surface area contributed by atoms with Crippen molar-refractivity contribution < 1.29 is 0 Å². The van der Waals surface area contributed by atoms with Gasteiger partial charge in [0.05, 0.1) is 23.1 Å². The molecule has 31 heavy (non-hydrogen) atoms. The Morgan fingerprint density at radius 1 is 0.935 bits per heavy atom. The van der Waals surface area contributed by atoms with Crippen LogP contribution < -0.4 is 5.32 Å². The average molecular weight is 413 g/mol. The monoisotopic (exact) mass is 412 g/mol. The lowest BCUT2D eigenvalue weighted by molar-refractivity contribution is 0.240. The van der Waals surface area contributed by atoms with Crippen molar-refractivity contribution in [1.82, 2.24) is 24.3 Å². The van der Waals surface area contributed by atoms with Crippen LogP contribution in [0.1, 0.15) is 47.2 Å². The van der Waals surface area contributed by atoms with E-state index in [0.29, 0.717) is 6.04 Å². The molecule has 1 saturated heterocycles. The number of pyridine rings is 3. The first-order valence-electron chi connectivity index (χ1n) is 10.9. The molecule has 1 fully saturated rings. The molecule has 0 radical (unpaired) electrons. The number of fused-ring (bicyclic) bond motifs is 1. The highest BCUT2D eigenvalue weighted by atomic mass is 15.2. The van der Waals surface area contributed by atoms with Gasteiger partial charge >= 0.3 is 0 Å². The van der Waals surface area contributed by atoms with Gasteiger partial charge in [-0.2, -0.15) is 0 Å². The molecule has 5 heterocycles. The Kier molecular flexibility index (Phi) is 5.16. The van der Waals surface area contributed by atoms with E-state index in [-0.39, 0.29) is 0 Å². The van der Waals surface area contributed by atoms with Crippen molar-refractivity contribution in [3.63, 3.8) is 0 Å². The second-order valence-corrected chi connectivity index (χ2v) is 8.39. The van der Waals surface area contributed by atoms with Crippen LogP contribution in [0.4, 0.5) is 11.6 Å². The summed E-state index contributed by atoms with van der Waals surface area (Å²) >= 11 is 0. The van der Waals surface area contributed by atoms with Crippen LogP contribution in [0.5, 0.6) is 0 Å². The van der Waals surface area contributed by atoms with E-state index in [1.54, 1.807) is 0 Å². The van der Waals surface area contributed by atoms with E-state index in [1.165, 1.54) is 17.7 Å². The number of rotatable bonds is 5. The van der Waals surface area contributed by atoms with Crippen LogP contribution in [0.3, 0.4) is 0 Å². The van der Waals surface area contributed by atoms with Crippen molar-refractivity contribution >= 4 is 17.3 Å². The third kappa shape index (κ3) is 3.91. The molecule has 0 spiro atoms. The van der Waals surface area contributed by atoms with Crippen molar-refractivity contribution in [2.75, 3.05) is 11.9 Å². The Morgan fingerprint density at radius 3 is 2.58 bits per heavy atom. The molecule has 4 aromatic rings. The quantitative estimate of drug-likeness (QED) is 0.492. The lowest BCUT2D eigenvalue weighted by Crippen LogP contribution is -2.24. The van der Waals surface area contributed by atoms with Crippen LogP contribution in [0, 0.1) is 20.8 Å². The number of nitrogens with one attached hydrogen (secondary N) is 1. The number of aryl methyl sites for hydroxylation is 3. The van der Waals surface area contributed by atoms with E-state index in [4.69, 9.17) is 9.97 Å². The van der Waals surface area contributed by atoms with E-state index in [0.717, 1.165) is 53.9 Å². The van der Waals surface area contributed by atoms with Gasteiger partial charge in [0.15, 0.2) is 0 Å². The molecule has 0 amide bonds. The largest absolute Gasteiger partial charge is 0.325 e. The predicted octanol–water partition coefficient (Wildman–Crippen LogP) is 5.13. The smallest absolute Gasteiger partial charge is 0.140 e. The molecular formula is C25H28N6. The maximum Gasteiger partial charge on any atom is 0.140 e. The SMILES string of the molecule is Cc1cccc(Nc2cccc(C3CCCN3Cc3c(C)nc4c(C)cccn34)n2)n1. The van der Waals surface area contributed by atoms with E-state index < -0.39 is 0 Å². The summed E-state index contributed by atoms with van der Waals surface area (Å²) in [6.45, 7) is 8.18. The van der Waals surface area contributed by atoms with Crippen molar-refractivity contribution in [3.05, 3.63) is 83.1 Å². The minimum atomic E-state index is 0.307. The summed E-state index contributed by atoms with van der Waals surface area (Å²) in [5, 5.41) is 3.35. The summed E-state index contributed by atoms with van der Waals surface area (Å²) in [7, 11) is 0. The molecule has 1 aliphatic rings. The first-order chi connectivity index (χ1) is 15.1. The van der Waals surface area contributed by atoms with Gasteiger partial charge in [0.2, 0.25) is 0 Å². The molecule has 0 bridgehead atoms. The van der Waals surface area contributed by atoms with E-state index in [1.807, 2.05) is 31.2 Å². The highest BCUT2D eigenvalue weighted by molar-refractivity contribution is 5.52. The van der Waals surface area contributed by atoms with Gasteiger partial charge in [-0.3, -0.25) is 4.90 Å². The Morgan fingerprint density at radius 2 is 1.74 bits per heavy atom. The van der Waals surface area contributed by atoms with Gasteiger partial charge in [-0.25, -0.2) is 15.0 Å². The molecular weight excluding hydrogens is 384 g/mol. The molecule has 1 N–H and O–H groups in total.